The fraction of sp³-hybridized carbons (Fsp3) is 0.600. The molecule has 2 heteroatoms. The molecule has 0 aliphatic carbocycles. The maximum absolute atomic E-state index is 5.89. The second-order valence-corrected chi connectivity index (χ2v) is 3.12. The number of rotatable bonds is 5. The zero-order valence-electron chi connectivity index (χ0n) is 7.62. The summed E-state index contributed by atoms with van der Waals surface area (Å²) in [6, 6.07) is 3.91. The van der Waals surface area contributed by atoms with E-state index in [0.717, 1.165) is 12.2 Å². The van der Waals surface area contributed by atoms with Crippen LogP contribution in [0.4, 0.5) is 0 Å². The van der Waals surface area contributed by atoms with Crippen LogP contribution >= 0.6 is 0 Å². The lowest BCUT2D eigenvalue weighted by molar-refractivity contribution is 0.441. The summed E-state index contributed by atoms with van der Waals surface area (Å²) in [6.07, 6.45) is 6.40. The first-order valence-electron chi connectivity index (χ1n) is 4.63. The van der Waals surface area contributed by atoms with Crippen LogP contribution in [-0.4, -0.2) is 0 Å². The molecule has 0 saturated heterocycles. The highest BCUT2D eigenvalue weighted by atomic mass is 16.3. The van der Waals surface area contributed by atoms with Gasteiger partial charge in [-0.2, -0.15) is 0 Å². The van der Waals surface area contributed by atoms with E-state index in [4.69, 9.17) is 10.2 Å². The molecule has 12 heavy (non-hydrogen) atoms. The minimum absolute atomic E-state index is 0.0894. The van der Waals surface area contributed by atoms with Gasteiger partial charge in [0.05, 0.1) is 12.3 Å². The molecule has 0 unspecified atom stereocenters. The van der Waals surface area contributed by atoms with Gasteiger partial charge in [-0.15, -0.1) is 0 Å². The fourth-order valence-electron chi connectivity index (χ4n) is 1.26. The molecule has 0 aliphatic rings. The molecule has 1 rings (SSSR count). The summed E-state index contributed by atoms with van der Waals surface area (Å²) in [5, 5.41) is 0. The van der Waals surface area contributed by atoms with E-state index in [2.05, 4.69) is 6.92 Å². The van der Waals surface area contributed by atoms with Gasteiger partial charge in [0.25, 0.3) is 0 Å². The standard InChI is InChI=1S/C10H17NO/c1-2-3-4-6-9(11)10-7-5-8-12-10/h5,7-9H,2-4,6,11H2,1H3/t9-/m1/s1. The van der Waals surface area contributed by atoms with Crippen LogP contribution in [-0.2, 0) is 0 Å². The quantitative estimate of drug-likeness (QED) is 0.685. The smallest absolute Gasteiger partial charge is 0.120 e. The van der Waals surface area contributed by atoms with Gasteiger partial charge >= 0.3 is 0 Å². The van der Waals surface area contributed by atoms with Crippen LogP contribution in [0.3, 0.4) is 0 Å². The molecular formula is C10H17NO. The second kappa shape index (κ2) is 4.99. The van der Waals surface area contributed by atoms with E-state index in [1.807, 2.05) is 12.1 Å². The van der Waals surface area contributed by atoms with Crippen molar-refractivity contribution in [1.82, 2.24) is 0 Å². The molecule has 0 radical (unpaired) electrons. The fourth-order valence-corrected chi connectivity index (χ4v) is 1.26. The monoisotopic (exact) mass is 167 g/mol. The highest BCUT2D eigenvalue weighted by Gasteiger charge is 2.06. The molecule has 1 aromatic heterocycles. The number of unbranched alkanes of at least 4 members (excludes halogenated alkanes) is 2. The van der Waals surface area contributed by atoms with Gasteiger partial charge in [0.15, 0.2) is 0 Å². The molecule has 2 N–H and O–H groups in total. The summed E-state index contributed by atoms with van der Waals surface area (Å²) in [5.74, 6) is 0.908. The summed E-state index contributed by atoms with van der Waals surface area (Å²) in [5.41, 5.74) is 5.89. The minimum Gasteiger partial charge on any atom is -0.468 e. The summed E-state index contributed by atoms with van der Waals surface area (Å²) in [6.45, 7) is 2.19. The molecule has 0 aliphatic heterocycles. The third-order valence-electron chi connectivity index (χ3n) is 2.03. The zero-order chi connectivity index (χ0) is 8.81. The Morgan fingerprint density at radius 3 is 2.92 bits per heavy atom. The van der Waals surface area contributed by atoms with Crippen molar-refractivity contribution < 1.29 is 4.42 Å². The number of hydrogen-bond acceptors (Lipinski definition) is 2. The maximum atomic E-state index is 5.89. The van der Waals surface area contributed by atoms with Crippen LogP contribution in [0, 0.1) is 0 Å². The highest BCUT2D eigenvalue weighted by Crippen LogP contribution is 2.17. The van der Waals surface area contributed by atoms with Gasteiger partial charge in [0.2, 0.25) is 0 Å². The lowest BCUT2D eigenvalue weighted by atomic mass is 10.1. The number of nitrogens with two attached hydrogens (primary N) is 1. The van der Waals surface area contributed by atoms with Gasteiger partial charge in [-0.25, -0.2) is 0 Å². The summed E-state index contributed by atoms with van der Waals surface area (Å²) in [4.78, 5) is 0. The Kier molecular flexibility index (Phi) is 3.88. The van der Waals surface area contributed by atoms with E-state index < -0.39 is 0 Å². The van der Waals surface area contributed by atoms with Crippen molar-refractivity contribution in [2.75, 3.05) is 0 Å². The first-order chi connectivity index (χ1) is 5.84. The lowest BCUT2D eigenvalue weighted by Crippen LogP contribution is -2.08. The molecule has 2 nitrogen and oxygen atoms in total. The average Bonchev–Trinajstić information content (AvgIpc) is 2.56. The van der Waals surface area contributed by atoms with Gasteiger partial charge in [0, 0.05) is 0 Å². The summed E-state index contributed by atoms with van der Waals surface area (Å²) in [7, 11) is 0. The van der Waals surface area contributed by atoms with Crippen LogP contribution in [0.5, 0.6) is 0 Å². The summed E-state index contributed by atoms with van der Waals surface area (Å²) >= 11 is 0. The van der Waals surface area contributed by atoms with E-state index in [-0.39, 0.29) is 6.04 Å². The van der Waals surface area contributed by atoms with Crippen molar-refractivity contribution in [1.29, 1.82) is 0 Å². The van der Waals surface area contributed by atoms with Crippen molar-refractivity contribution in [3.8, 4) is 0 Å². The third kappa shape index (κ3) is 2.70. The summed E-state index contributed by atoms with van der Waals surface area (Å²) < 4.78 is 5.20. The van der Waals surface area contributed by atoms with Crippen molar-refractivity contribution in [2.24, 2.45) is 5.73 Å². The molecule has 0 spiro atoms. The molecule has 0 bridgehead atoms. The van der Waals surface area contributed by atoms with Crippen LogP contribution in [0.25, 0.3) is 0 Å². The zero-order valence-corrected chi connectivity index (χ0v) is 7.62. The van der Waals surface area contributed by atoms with Gasteiger partial charge in [-0.3, -0.25) is 0 Å². The Morgan fingerprint density at radius 1 is 1.50 bits per heavy atom. The van der Waals surface area contributed by atoms with E-state index in [1.54, 1.807) is 6.26 Å². The largest absolute Gasteiger partial charge is 0.468 e. The Bertz CT molecular complexity index is 194. The van der Waals surface area contributed by atoms with Crippen LogP contribution in [0.1, 0.15) is 44.4 Å². The maximum Gasteiger partial charge on any atom is 0.120 e. The van der Waals surface area contributed by atoms with Crippen LogP contribution < -0.4 is 5.73 Å². The minimum atomic E-state index is 0.0894. The molecule has 0 saturated carbocycles. The molecule has 68 valence electrons. The van der Waals surface area contributed by atoms with E-state index in [0.29, 0.717) is 0 Å². The molecule has 1 aromatic rings. The number of hydrogen-bond donors (Lipinski definition) is 1. The lowest BCUT2D eigenvalue weighted by Gasteiger charge is -2.06. The third-order valence-corrected chi connectivity index (χ3v) is 2.03. The van der Waals surface area contributed by atoms with E-state index in [1.165, 1.54) is 19.3 Å². The van der Waals surface area contributed by atoms with Crippen molar-refractivity contribution >= 4 is 0 Å². The number of furan rings is 1. The van der Waals surface area contributed by atoms with Gasteiger partial charge in [0.1, 0.15) is 5.76 Å². The molecule has 0 aromatic carbocycles. The first kappa shape index (κ1) is 9.33. The van der Waals surface area contributed by atoms with Crippen molar-refractivity contribution in [2.45, 2.75) is 38.6 Å². The second-order valence-electron chi connectivity index (χ2n) is 3.12. The van der Waals surface area contributed by atoms with Crippen molar-refractivity contribution in [3.05, 3.63) is 24.2 Å². The Balaban J connectivity index is 2.25. The molecule has 1 heterocycles. The SMILES string of the molecule is CCCCC[C@@H](N)c1ccco1. The van der Waals surface area contributed by atoms with Gasteiger partial charge in [-0.05, 0) is 18.6 Å². The molecule has 0 amide bonds. The van der Waals surface area contributed by atoms with Gasteiger partial charge < -0.3 is 10.2 Å². The predicted molar refractivity (Wildman–Crippen MR) is 49.8 cm³/mol. The molecular weight excluding hydrogens is 150 g/mol. The Hall–Kier alpha value is -0.760. The normalized spacial score (nSPS) is 13.2. The van der Waals surface area contributed by atoms with Crippen LogP contribution in [0.15, 0.2) is 22.8 Å². The van der Waals surface area contributed by atoms with E-state index in [9.17, 15) is 0 Å². The average molecular weight is 167 g/mol. The van der Waals surface area contributed by atoms with Crippen molar-refractivity contribution in [3.63, 3.8) is 0 Å². The van der Waals surface area contributed by atoms with Crippen LogP contribution in [0.2, 0.25) is 0 Å². The molecule has 1 atom stereocenters. The van der Waals surface area contributed by atoms with E-state index >= 15 is 0 Å². The first-order valence-corrected chi connectivity index (χ1v) is 4.63. The van der Waals surface area contributed by atoms with Gasteiger partial charge in [-0.1, -0.05) is 26.2 Å². The Labute approximate surface area is 73.8 Å². The molecule has 0 fully saturated rings. The topological polar surface area (TPSA) is 39.2 Å². The highest BCUT2D eigenvalue weighted by molar-refractivity contribution is 5.02. The predicted octanol–water partition coefficient (Wildman–Crippen LogP) is 2.86. The Morgan fingerprint density at radius 2 is 2.33 bits per heavy atom.